The summed E-state index contributed by atoms with van der Waals surface area (Å²) < 4.78 is 24.3. The standard InChI is InChI=1S/C30H42O7/c1-16(31)35-23-14-22(33)28(6)20-8-10-27(5)19(18-9-11-34-15-18)12-25-30(27,37-25)29(20,7)24(36-17(2)32)13-21(28)26(23,3)4/h9,11,15,19-25,33H,8,10,12-14H2,1-7H3. The van der Waals surface area contributed by atoms with Crippen molar-refractivity contribution in [1.82, 2.24) is 0 Å². The van der Waals surface area contributed by atoms with Gasteiger partial charge >= 0.3 is 11.9 Å². The summed E-state index contributed by atoms with van der Waals surface area (Å²) in [7, 11) is 0. The molecular weight excluding hydrogens is 472 g/mol. The molecule has 1 N–H and O–H groups in total. The first kappa shape index (κ1) is 25.4. The Morgan fingerprint density at radius 1 is 0.973 bits per heavy atom. The first-order valence-electron chi connectivity index (χ1n) is 14.0. The molecule has 7 heteroatoms. The molecule has 2 heterocycles. The van der Waals surface area contributed by atoms with Gasteiger partial charge in [-0.15, -0.1) is 0 Å². The zero-order valence-electron chi connectivity index (χ0n) is 23.2. The van der Waals surface area contributed by atoms with Gasteiger partial charge in [-0.25, -0.2) is 0 Å². The van der Waals surface area contributed by atoms with E-state index in [-0.39, 0.29) is 41.4 Å². The quantitative estimate of drug-likeness (QED) is 0.447. The number of rotatable bonds is 3. The highest BCUT2D eigenvalue weighted by atomic mass is 16.6. The third-order valence-corrected chi connectivity index (χ3v) is 12.3. The maximum Gasteiger partial charge on any atom is 0.302 e. The number of carbonyl (C=O) groups excluding carboxylic acids is 2. The minimum absolute atomic E-state index is 0.000412. The van der Waals surface area contributed by atoms with Crippen LogP contribution in [0.15, 0.2) is 23.0 Å². The number of hydrogen-bond acceptors (Lipinski definition) is 7. The van der Waals surface area contributed by atoms with Gasteiger partial charge in [0, 0.05) is 41.9 Å². The molecule has 204 valence electrons. The zero-order chi connectivity index (χ0) is 26.8. The van der Waals surface area contributed by atoms with Crippen LogP contribution in [0.3, 0.4) is 0 Å². The van der Waals surface area contributed by atoms with Gasteiger partial charge in [0.05, 0.1) is 24.7 Å². The summed E-state index contributed by atoms with van der Waals surface area (Å²) in [4.78, 5) is 24.5. The molecule has 7 nitrogen and oxygen atoms in total. The number of esters is 2. The number of fused-ring (bicyclic) bond motifs is 3. The third-order valence-electron chi connectivity index (χ3n) is 12.3. The molecule has 37 heavy (non-hydrogen) atoms. The number of epoxide rings is 1. The van der Waals surface area contributed by atoms with Crippen LogP contribution >= 0.6 is 0 Å². The van der Waals surface area contributed by atoms with E-state index in [9.17, 15) is 14.7 Å². The average Bonchev–Trinajstić information content (AvgIpc) is 3.16. The van der Waals surface area contributed by atoms with Gasteiger partial charge in [0.2, 0.25) is 0 Å². The number of furan rings is 1. The summed E-state index contributed by atoms with van der Waals surface area (Å²) >= 11 is 0. The molecule has 0 radical (unpaired) electrons. The summed E-state index contributed by atoms with van der Waals surface area (Å²) in [5, 5.41) is 11.9. The van der Waals surface area contributed by atoms with E-state index < -0.39 is 34.1 Å². The van der Waals surface area contributed by atoms with Gasteiger partial charge in [0.1, 0.15) is 17.8 Å². The predicted molar refractivity (Wildman–Crippen MR) is 134 cm³/mol. The van der Waals surface area contributed by atoms with Crippen LogP contribution in [0.5, 0.6) is 0 Å². The smallest absolute Gasteiger partial charge is 0.302 e. The van der Waals surface area contributed by atoms with Gasteiger partial charge in [0.15, 0.2) is 0 Å². The highest BCUT2D eigenvalue weighted by Gasteiger charge is 2.87. The Kier molecular flexibility index (Phi) is 5.24. The third kappa shape index (κ3) is 2.91. The molecule has 0 amide bonds. The fourth-order valence-electron chi connectivity index (χ4n) is 10.8. The number of hydrogen-bond donors (Lipinski definition) is 1. The molecule has 5 fully saturated rings. The van der Waals surface area contributed by atoms with Crippen LogP contribution in [0, 0.1) is 33.5 Å². The topological polar surface area (TPSA) is 98.5 Å². The lowest BCUT2D eigenvalue weighted by molar-refractivity contribution is -0.287. The Morgan fingerprint density at radius 2 is 1.65 bits per heavy atom. The molecule has 1 spiro atoms. The lowest BCUT2D eigenvalue weighted by atomic mass is 9.35. The maximum atomic E-state index is 12.6. The van der Waals surface area contributed by atoms with E-state index in [1.54, 1.807) is 6.26 Å². The SMILES string of the molecule is CC(=O)OC1CC(O)C2(C)C(CC(OC(C)=O)C3(C)C2CCC2(C)C(c4ccoc4)CC4OC423)C1(C)C. The van der Waals surface area contributed by atoms with Crippen LogP contribution in [-0.4, -0.2) is 47.1 Å². The van der Waals surface area contributed by atoms with Crippen LogP contribution in [0.1, 0.15) is 92.1 Å². The van der Waals surface area contributed by atoms with Crippen LogP contribution in [0.25, 0.3) is 0 Å². The molecule has 1 aromatic heterocycles. The second-order valence-corrected chi connectivity index (χ2v) is 13.9. The van der Waals surface area contributed by atoms with Gasteiger partial charge in [-0.1, -0.05) is 34.6 Å². The van der Waals surface area contributed by atoms with Crippen LogP contribution < -0.4 is 0 Å². The van der Waals surface area contributed by atoms with E-state index in [0.29, 0.717) is 18.8 Å². The minimum Gasteiger partial charge on any atom is -0.472 e. The zero-order valence-corrected chi connectivity index (χ0v) is 23.2. The molecule has 1 aliphatic heterocycles. The highest BCUT2D eigenvalue weighted by molar-refractivity contribution is 5.67. The van der Waals surface area contributed by atoms with Crippen LogP contribution in [0.4, 0.5) is 0 Å². The van der Waals surface area contributed by atoms with Crippen molar-refractivity contribution in [1.29, 1.82) is 0 Å². The Labute approximate surface area is 219 Å². The molecule has 6 rings (SSSR count). The van der Waals surface area contributed by atoms with E-state index in [1.807, 2.05) is 6.26 Å². The molecule has 11 unspecified atom stereocenters. The van der Waals surface area contributed by atoms with E-state index >= 15 is 0 Å². The van der Waals surface area contributed by atoms with Crippen molar-refractivity contribution in [3.63, 3.8) is 0 Å². The number of aliphatic hydroxyl groups excluding tert-OH is 1. The van der Waals surface area contributed by atoms with E-state index in [2.05, 4.69) is 40.7 Å². The summed E-state index contributed by atoms with van der Waals surface area (Å²) in [6, 6.07) is 2.08. The Bertz CT molecular complexity index is 1110. The Balaban J connectivity index is 1.48. The molecule has 11 atom stereocenters. The van der Waals surface area contributed by atoms with E-state index in [1.165, 1.54) is 19.4 Å². The predicted octanol–water partition coefficient (Wildman–Crippen LogP) is 5.01. The van der Waals surface area contributed by atoms with Crippen LogP contribution in [-0.2, 0) is 23.8 Å². The van der Waals surface area contributed by atoms with E-state index in [4.69, 9.17) is 18.6 Å². The summed E-state index contributed by atoms with van der Waals surface area (Å²) in [6.45, 7) is 14.1. The Hall–Kier alpha value is -1.86. The molecule has 1 saturated heterocycles. The van der Waals surface area contributed by atoms with Gasteiger partial charge < -0.3 is 23.7 Å². The van der Waals surface area contributed by atoms with Gasteiger partial charge in [-0.2, -0.15) is 0 Å². The van der Waals surface area contributed by atoms with Crippen molar-refractivity contribution in [2.24, 2.45) is 33.5 Å². The first-order valence-corrected chi connectivity index (χ1v) is 14.0. The average molecular weight is 515 g/mol. The van der Waals surface area contributed by atoms with Crippen molar-refractivity contribution in [3.05, 3.63) is 24.2 Å². The molecule has 0 aromatic carbocycles. The number of carbonyl (C=O) groups is 2. The second kappa shape index (κ2) is 7.62. The van der Waals surface area contributed by atoms with Gasteiger partial charge in [-0.05, 0) is 55.1 Å². The lowest BCUT2D eigenvalue weighted by Crippen LogP contribution is -2.73. The molecule has 4 saturated carbocycles. The largest absolute Gasteiger partial charge is 0.472 e. The molecule has 5 aliphatic rings. The molecule has 0 bridgehead atoms. The first-order chi connectivity index (χ1) is 17.2. The summed E-state index contributed by atoms with van der Waals surface area (Å²) in [5.41, 5.74) is -0.653. The van der Waals surface area contributed by atoms with Crippen molar-refractivity contribution in [2.75, 3.05) is 0 Å². The summed E-state index contributed by atoms with van der Waals surface area (Å²) in [6.07, 6.45) is 6.14. The van der Waals surface area contributed by atoms with Crippen LogP contribution in [0.2, 0.25) is 0 Å². The van der Waals surface area contributed by atoms with E-state index in [0.717, 1.165) is 19.3 Å². The van der Waals surface area contributed by atoms with Gasteiger partial charge in [-0.3, -0.25) is 9.59 Å². The van der Waals surface area contributed by atoms with Crippen molar-refractivity contribution < 1.29 is 33.3 Å². The highest BCUT2D eigenvalue weighted by Crippen LogP contribution is 2.82. The lowest BCUT2D eigenvalue weighted by Gasteiger charge is -2.70. The second-order valence-electron chi connectivity index (χ2n) is 13.9. The van der Waals surface area contributed by atoms with Crippen molar-refractivity contribution >= 4 is 11.9 Å². The summed E-state index contributed by atoms with van der Waals surface area (Å²) in [5.74, 6) is -0.225. The fourth-order valence-corrected chi connectivity index (χ4v) is 10.8. The monoisotopic (exact) mass is 514 g/mol. The minimum atomic E-state index is -0.637. The number of aliphatic hydroxyl groups is 1. The Morgan fingerprint density at radius 3 is 2.27 bits per heavy atom. The van der Waals surface area contributed by atoms with Gasteiger partial charge in [0.25, 0.3) is 0 Å². The maximum absolute atomic E-state index is 12.6. The fraction of sp³-hybridized carbons (Fsp3) is 0.800. The normalized spacial score (nSPS) is 51.2. The molecular formula is C30H42O7. The molecule has 1 aromatic rings. The molecule has 4 aliphatic carbocycles. The van der Waals surface area contributed by atoms with Crippen molar-refractivity contribution in [3.8, 4) is 0 Å². The number of ether oxygens (including phenoxy) is 3. The van der Waals surface area contributed by atoms with Crippen molar-refractivity contribution in [2.45, 2.75) is 117 Å².